The fourth-order valence-electron chi connectivity index (χ4n) is 3.18. The third-order valence-electron chi connectivity index (χ3n) is 4.68. The van der Waals surface area contributed by atoms with Crippen LogP contribution in [0.5, 0.6) is 0 Å². The largest absolute Gasteiger partial charge is 0.394 e. The SMILES string of the molecule is CCCCc1cn(-c2ncnc3c2ncn3[C@@H]2O[C@H](CO)[C@@H](O)[C@H]2O)nn1. The van der Waals surface area contributed by atoms with Crippen LogP contribution in [0.4, 0.5) is 0 Å². The second kappa shape index (κ2) is 7.27. The zero-order valence-electron chi connectivity index (χ0n) is 14.8. The Balaban J connectivity index is 1.69. The van der Waals surface area contributed by atoms with E-state index in [0.717, 1.165) is 25.0 Å². The molecule has 4 atom stereocenters. The highest BCUT2D eigenvalue weighted by molar-refractivity contribution is 5.78. The Kier molecular flexibility index (Phi) is 4.83. The molecule has 0 aliphatic carbocycles. The van der Waals surface area contributed by atoms with Crippen LogP contribution < -0.4 is 0 Å². The Hall–Kier alpha value is -2.47. The van der Waals surface area contributed by atoms with Gasteiger partial charge in [0.05, 0.1) is 24.8 Å². The van der Waals surface area contributed by atoms with E-state index in [9.17, 15) is 15.3 Å². The van der Waals surface area contributed by atoms with E-state index in [1.54, 1.807) is 4.68 Å². The van der Waals surface area contributed by atoms with Gasteiger partial charge in [-0.3, -0.25) is 4.57 Å². The first kappa shape index (κ1) is 17.9. The highest BCUT2D eigenvalue weighted by atomic mass is 16.6. The average Bonchev–Trinajstić information content (AvgIpc) is 3.39. The number of imidazole rings is 1. The lowest BCUT2D eigenvalue weighted by Crippen LogP contribution is -2.33. The number of aliphatic hydroxyl groups excluding tert-OH is 3. The number of unbranched alkanes of at least 4 members (excludes halogenated alkanes) is 1. The molecule has 11 nitrogen and oxygen atoms in total. The summed E-state index contributed by atoms with van der Waals surface area (Å²) in [6, 6.07) is 0. The van der Waals surface area contributed by atoms with Crippen LogP contribution >= 0.6 is 0 Å². The summed E-state index contributed by atoms with van der Waals surface area (Å²) in [6.45, 7) is 1.71. The van der Waals surface area contributed by atoms with E-state index < -0.39 is 31.1 Å². The van der Waals surface area contributed by atoms with Gasteiger partial charge in [0.1, 0.15) is 24.6 Å². The molecule has 0 spiro atoms. The van der Waals surface area contributed by atoms with Crippen molar-refractivity contribution in [2.75, 3.05) is 6.61 Å². The van der Waals surface area contributed by atoms with Gasteiger partial charge in [0.25, 0.3) is 0 Å². The molecule has 27 heavy (non-hydrogen) atoms. The molecular weight excluding hydrogens is 354 g/mol. The molecule has 3 aromatic heterocycles. The molecule has 1 fully saturated rings. The maximum absolute atomic E-state index is 10.3. The molecule has 0 amide bonds. The standard InChI is InChI=1S/C16H21N7O4/c1-2-3-4-9-5-23(21-20-9)15-11-14(17-7-18-15)22(8-19-11)16-13(26)12(25)10(6-24)27-16/h5,7-8,10,12-13,16,24-26H,2-4,6H2,1H3/t10-,12-,13-,16-/m1/s1. The number of nitrogens with zero attached hydrogens (tertiary/aromatic N) is 7. The predicted molar refractivity (Wildman–Crippen MR) is 91.9 cm³/mol. The minimum Gasteiger partial charge on any atom is -0.394 e. The first-order chi connectivity index (χ1) is 13.1. The Morgan fingerprint density at radius 1 is 1.19 bits per heavy atom. The molecule has 0 unspecified atom stereocenters. The van der Waals surface area contributed by atoms with Gasteiger partial charge in [-0.05, 0) is 12.8 Å². The topological polar surface area (TPSA) is 144 Å². The summed E-state index contributed by atoms with van der Waals surface area (Å²) in [7, 11) is 0. The molecule has 1 aliphatic heterocycles. The van der Waals surface area contributed by atoms with E-state index in [0.29, 0.717) is 17.0 Å². The van der Waals surface area contributed by atoms with Crippen LogP contribution in [-0.4, -0.2) is 74.8 Å². The smallest absolute Gasteiger partial charge is 0.186 e. The molecule has 1 saturated heterocycles. The number of ether oxygens (including phenoxy) is 1. The number of hydrogen-bond acceptors (Lipinski definition) is 9. The molecule has 0 radical (unpaired) electrons. The van der Waals surface area contributed by atoms with Crippen LogP contribution in [0.3, 0.4) is 0 Å². The van der Waals surface area contributed by atoms with E-state index in [1.165, 1.54) is 17.2 Å². The summed E-state index contributed by atoms with van der Waals surface area (Å²) in [6.07, 6.45) is 3.35. The molecule has 3 aromatic rings. The quantitative estimate of drug-likeness (QED) is 0.512. The second-order valence-corrected chi connectivity index (χ2v) is 6.51. The fourth-order valence-corrected chi connectivity index (χ4v) is 3.18. The molecule has 0 bridgehead atoms. The highest BCUT2D eigenvalue weighted by Crippen LogP contribution is 2.31. The molecule has 4 heterocycles. The normalized spacial score (nSPS) is 25.5. The molecule has 3 N–H and O–H groups in total. The van der Waals surface area contributed by atoms with Gasteiger partial charge in [0, 0.05) is 0 Å². The van der Waals surface area contributed by atoms with Crippen molar-refractivity contribution < 1.29 is 20.1 Å². The van der Waals surface area contributed by atoms with Crippen molar-refractivity contribution in [1.82, 2.24) is 34.5 Å². The van der Waals surface area contributed by atoms with E-state index in [4.69, 9.17) is 4.74 Å². The van der Waals surface area contributed by atoms with E-state index in [-0.39, 0.29) is 0 Å². The number of rotatable bonds is 6. The number of hydrogen-bond donors (Lipinski definition) is 3. The first-order valence-corrected chi connectivity index (χ1v) is 8.85. The summed E-state index contributed by atoms with van der Waals surface area (Å²) >= 11 is 0. The second-order valence-electron chi connectivity index (χ2n) is 6.51. The van der Waals surface area contributed by atoms with Gasteiger partial charge in [-0.15, -0.1) is 5.10 Å². The summed E-state index contributed by atoms with van der Waals surface area (Å²) in [4.78, 5) is 12.8. The minimum atomic E-state index is -1.22. The fraction of sp³-hybridized carbons (Fsp3) is 0.562. The van der Waals surface area contributed by atoms with Gasteiger partial charge >= 0.3 is 0 Å². The zero-order chi connectivity index (χ0) is 19.0. The molecule has 0 aromatic carbocycles. The third kappa shape index (κ3) is 3.08. The first-order valence-electron chi connectivity index (χ1n) is 8.85. The average molecular weight is 375 g/mol. The highest BCUT2D eigenvalue weighted by Gasteiger charge is 2.44. The maximum atomic E-state index is 10.3. The minimum absolute atomic E-state index is 0.402. The van der Waals surface area contributed by atoms with Gasteiger partial charge in [-0.1, -0.05) is 18.6 Å². The van der Waals surface area contributed by atoms with Crippen molar-refractivity contribution >= 4 is 11.2 Å². The van der Waals surface area contributed by atoms with Crippen molar-refractivity contribution in [2.24, 2.45) is 0 Å². The van der Waals surface area contributed by atoms with Crippen molar-refractivity contribution in [3.8, 4) is 5.82 Å². The molecular formula is C16H21N7O4. The van der Waals surface area contributed by atoms with E-state index in [1.807, 2.05) is 6.20 Å². The Labute approximate surface area is 154 Å². The zero-order valence-corrected chi connectivity index (χ0v) is 14.8. The van der Waals surface area contributed by atoms with E-state index >= 15 is 0 Å². The number of aromatic nitrogens is 7. The summed E-state index contributed by atoms with van der Waals surface area (Å²) in [5.74, 6) is 0.459. The Bertz CT molecular complexity index is 927. The van der Waals surface area contributed by atoms with Crippen LogP contribution in [0.25, 0.3) is 17.0 Å². The van der Waals surface area contributed by atoms with Gasteiger partial charge in [0.2, 0.25) is 0 Å². The van der Waals surface area contributed by atoms with Gasteiger partial charge in [-0.2, -0.15) is 4.68 Å². The van der Waals surface area contributed by atoms with Crippen LogP contribution in [0, 0.1) is 0 Å². The monoisotopic (exact) mass is 375 g/mol. The lowest BCUT2D eigenvalue weighted by atomic mass is 10.1. The molecule has 1 aliphatic rings. The van der Waals surface area contributed by atoms with Gasteiger partial charge in [0.15, 0.2) is 23.2 Å². The Morgan fingerprint density at radius 2 is 2.04 bits per heavy atom. The number of aliphatic hydroxyl groups is 3. The lowest BCUT2D eigenvalue weighted by molar-refractivity contribution is -0.0511. The van der Waals surface area contributed by atoms with Crippen LogP contribution in [-0.2, 0) is 11.2 Å². The van der Waals surface area contributed by atoms with Crippen LogP contribution in [0.15, 0.2) is 18.9 Å². The van der Waals surface area contributed by atoms with Crippen molar-refractivity contribution in [3.05, 3.63) is 24.5 Å². The van der Waals surface area contributed by atoms with Crippen molar-refractivity contribution in [2.45, 2.75) is 50.7 Å². The van der Waals surface area contributed by atoms with Gasteiger partial charge in [-0.25, -0.2) is 15.0 Å². The predicted octanol–water partition coefficient (Wildman–Crippen LogP) is -0.639. The lowest BCUT2D eigenvalue weighted by Gasteiger charge is -2.16. The molecule has 11 heteroatoms. The summed E-state index contributed by atoms with van der Waals surface area (Å²) < 4.78 is 8.62. The number of aryl methyl sites for hydroxylation is 1. The summed E-state index contributed by atoms with van der Waals surface area (Å²) in [5, 5.41) is 37.8. The Morgan fingerprint density at radius 3 is 2.78 bits per heavy atom. The van der Waals surface area contributed by atoms with Crippen LogP contribution in [0.1, 0.15) is 31.7 Å². The van der Waals surface area contributed by atoms with E-state index in [2.05, 4.69) is 32.2 Å². The summed E-state index contributed by atoms with van der Waals surface area (Å²) in [5.41, 5.74) is 1.74. The van der Waals surface area contributed by atoms with Crippen LogP contribution in [0.2, 0.25) is 0 Å². The molecule has 4 rings (SSSR count). The third-order valence-corrected chi connectivity index (χ3v) is 4.68. The van der Waals surface area contributed by atoms with Gasteiger partial charge < -0.3 is 20.1 Å². The molecule has 144 valence electrons. The molecule has 0 saturated carbocycles. The van der Waals surface area contributed by atoms with Crippen molar-refractivity contribution in [1.29, 1.82) is 0 Å². The van der Waals surface area contributed by atoms with Crippen molar-refractivity contribution in [3.63, 3.8) is 0 Å². The maximum Gasteiger partial charge on any atom is 0.186 e. The number of fused-ring (bicyclic) bond motifs is 1.